The Balaban J connectivity index is -0.000000577. The van der Waals surface area contributed by atoms with Gasteiger partial charge in [0.15, 0.2) is 0 Å². The Labute approximate surface area is 261 Å². The van der Waals surface area contributed by atoms with Crippen LogP contribution in [0.3, 0.4) is 0 Å². The van der Waals surface area contributed by atoms with Crippen LogP contribution in [0.4, 0.5) is 0 Å². The van der Waals surface area contributed by atoms with Gasteiger partial charge in [0, 0.05) is 0 Å². The van der Waals surface area contributed by atoms with Gasteiger partial charge in [-0.1, -0.05) is 153 Å². The van der Waals surface area contributed by atoms with Gasteiger partial charge >= 0.3 is 29.6 Å². The Hall–Kier alpha value is 0.660. The van der Waals surface area contributed by atoms with E-state index in [2.05, 4.69) is 65.3 Å². The van der Waals surface area contributed by atoms with Crippen LogP contribution < -0.4 is 17.0 Å². The van der Waals surface area contributed by atoms with Crippen molar-refractivity contribution in [3.8, 4) is 0 Å². The summed E-state index contributed by atoms with van der Waals surface area (Å²) in [5, 5.41) is 0. The van der Waals surface area contributed by atoms with Gasteiger partial charge in [-0.05, 0) is 31.2 Å². The van der Waals surface area contributed by atoms with Crippen LogP contribution in [0.15, 0.2) is 30.3 Å². The van der Waals surface area contributed by atoms with Crippen molar-refractivity contribution in [2.24, 2.45) is 0 Å². The average Bonchev–Trinajstić information content (AvgIpc) is 2.82. The maximum absolute atomic E-state index is 2.29. The van der Waals surface area contributed by atoms with E-state index in [-0.39, 0.29) is 46.5 Å². The summed E-state index contributed by atoms with van der Waals surface area (Å²) in [6.07, 6.45) is 29.9. The van der Waals surface area contributed by atoms with Crippen molar-refractivity contribution < 1.29 is 21.5 Å². The molecule has 0 spiro atoms. The summed E-state index contributed by atoms with van der Waals surface area (Å²) >= 11 is 0. The summed E-state index contributed by atoms with van der Waals surface area (Å²) in [7, 11) is 6.86. The normalized spacial score (nSPS) is 10.7. The molecule has 0 aliphatic carbocycles. The molecule has 0 saturated heterocycles. The second-order valence-corrected chi connectivity index (χ2v) is 11.6. The Morgan fingerprint density at radius 3 is 1.17 bits per heavy atom. The number of unbranched alkanes of at least 4 members (excludes halogenated alkanes) is 18. The fourth-order valence-electron chi connectivity index (χ4n) is 4.53. The molecule has 1 rings (SSSR count). The van der Waals surface area contributed by atoms with Crippen LogP contribution in [0.1, 0.15) is 148 Å². The Morgan fingerprint density at radius 1 is 0.472 bits per heavy atom. The van der Waals surface area contributed by atoms with Crippen molar-refractivity contribution in [2.45, 2.75) is 149 Å². The van der Waals surface area contributed by atoms with Crippen molar-refractivity contribution in [3.63, 3.8) is 0 Å². The predicted molar refractivity (Wildman–Crippen MR) is 164 cm³/mol. The molecule has 210 valence electrons. The van der Waals surface area contributed by atoms with Gasteiger partial charge in [-0.3, -0.25) is 0 Å². The average molecular weight is 579 g/mol. The molecule has 0 radical (unpaired) electrons. The fraction of sp³-hybridized carbons (Fsp3) is 0.818. The van der Waals surface area contributed by atoms with E-state index in [0.717, 1.165) is 4.48 Å². The zero-order valence-electron chi connectivity index (χ0n) is 24.8. The van der Waals surface area contributed by atoms with Gasteiger partial charge in [0.1, 0.15) is 0 Å². The van der Waals surface area contributed by atoms with E-state index < -0.39 is 0 Å². The van der Waals surface area contributed by atoms with Crippen molar-refractivity contribution in [1.82, 2.24) is 0 Å². The first-order valence-electron chi connectivity index (χ1n) is 15.3. The SMILES string of the molecule is CCCCCCCCCCCC[N+](C)(C)C.CCCCCCCCCCCCc1ccccc1.[Br-].[NaH]. The van der Waals surface area contributed by atoms with Crippen LogP contribution in [0.2, 0.25) is 0 Å². The molecular formula is C33H65BrNNa. The van der Waals surface area contributed by atoms with Gasteiger partial charge < -0.3 is 21.5 Å². The number of rotatable bonds is 22. The van der Waals surface area contributed by atoms with Crippen LogP contribution in [0, 0.1) is 0 Å². The second-order valence-electron chi connectivity index (χ2n) is 11.6. The molecule has 0 amide bonds. The van der Waals surface area contributed by atoms with E-state index in [1.54, 1.807) is 0 Å². The van der Waals surface area contributed by atoms with Crippen LogP contribution in [-0.2, 0) is 6.42 Å². The third-order valence-corrected chi connectivity index (χ3v) is 6.84. The summed E-state index contributed by atoms with van der Waals surface area (Å²) in [5.41, 5.74) is 1.50. The van der Waals surface area contributed by atoms with Gasteiger partial charge in [-0.15, -0.1) is 0 Å². The van der Waals surface area contributed by atoms with Crippen molar-refractivity contribution in [2.75, 3.05) is 27.7 Å². The number of quaternary nitrogens is 1. The molecule has 0 bridgehead atoms. The van der Waals surface area contributed by atoms with E-state index in [9.17, 15) is 0 Å². The number of hydrogen-bond acceptors (Lipinski definition) is 0. The Morgan fingerprint density at radius 2 is 0.806 bits per heavy atom. The maximum atomic E-state index is 2.29. The third-order valence-electron chi connectivity index (χ3n) is 6.84. The quantitative estimate of drug-likeness (QED) is 0.0781. The third kappa shape index (κ3) is 34.7. The van der Waals surface area contributed by atoms with Crippen LogP contribution in [-0.4, -0.2) is 61.7 Å². The number of hydrogen-bond donors (Lipinski definition) is 0. The number of benzene rings is 1. The molecule has 0 aliphatic rings. The van der Waals surface area contributed by atoms with E-state index in [4.69, 9.17) is 0 Å². The molecule has 0 fully saturated rings. The number of halogens is 1. The molecule has 3 heteroatoms. The predicted octanol–water partition coefficient (Wildman–Crippen LogP) is 7.12. The Bertz CT molecular complexity index is 500. The molecule has 0 heterocycles. The zero-order chi connectivity index (χ0) is 25.2. The summed E-state index contributed by atoms with van der Waals surface area (Å²) in [4.78, 5) is 0. The summed E-state index contributed by atoms with van der Waals surface area (Å²) < 4.78 is 1.12. The molecule has 36 heavy (non-hydrogen) atoms. The zero-order valence-corrected chi connectivity index (χ0v) is 26.4. The van der Waals surface area contributed by atoms with E-state index in [1.807, 2.05) is 0 Å². The van der Waals surface area contributed by atoms with Gasteiger partial charge in [-0.2, -0.15) is 0 Å². The van der Waals surface area contributed by atoms with E-state index in [0.29, 0.717) is 0 Å². The first-order valence-corrected chi connectivity index (χ1v) is 15.3. The minimum atomic E-state index is 0. The molecule has 1 nitrogen and oxygen atoms in total. The monoisotopic (exact) mass is 577 g/mol. The summed E-state index contributed by atoms with van der Waals surface area (Å²) in [5.74, 6) is 0. The van der Waals surface area contributed by atoms with Crippen LogP contribution >= 0.6 is 0 Å². The van der Waals surface area contributed by atoms with E-state index >= 15 is 0 Å². The molecule has 0 atom stereocenters. The fourth-order valence-corrected chi connectivity index (χ4v) is 4.53. The van der Waals surface area contributed by atoms with Crippen molar-refractivity contribution in [1.29, 1.82) is 0 Å². The van der Waals surface area contributed by atoms with Gasteiger partial charge in [-0.25, -0.2) is 0 Å². The standard InChI is InChI=1S/C18H30.C15H34N.BrH.Na.H/c1-2-3-4-5-6-7-8-9-10-12-15-18-16-13-11-14-17-18;1-5-6-7-8-9-10-11-12-13-14-15-16(2,3)4;;;/h11,13-14,16-17H,2-10,12,15H2,1H3;5-15H2,1-4H3;1H;;/q;+1;;;/p-1. The van der Waals surface area contributed by atoms with Crippen molar-refractivity contribution in [3.05, 3.63) is 35.9 Å². The first-order chi connectivity index (χ1) is 16.5. The summed E-state index contributed by atoms with van der Waals surface area (Å²) in [6.45, 7) is 5.90. The van der Waals surface area contributed by atoms with Crippen LogP contribution in [0.5, 0.6) is 0 Å². The van der Waals surface area contributed by atoms with Gasteiger partial charge in [0.25, 0.3) is 0 Å². The van der Waals surface area contributed by atoms with E-state index in [1.165, 1.54) is 147 Å². The van der Waals surface area contributed by atoms with Crippen LogP contribution in [0.25, 0.3) is 0 Å². The van der Waals surface area contributed by atoms with Gasteiger partial charge in [0.05, 0.1) is 27.7 Å². The minimum absolute atomic E-state index is 0. The van der Waals surface area contributed by atoms with Gasteiger partial charge in [0.2, 0.25) is 0 Å². The first kappa shape index (κ1) is 41.1. The molecule has 0 saturated carbocycles. The number of nitrogens with zero attached hydrogens (tertiary/aromatic N) is 1. The second kappa shape index (κ2) is 31.9. The number of aryl methyl sites for hydroxylation is 1. The molecule has 0 N–H and O–H groups in total. The molecular weight excluding hydrogens is 513 g/mol. The topological polar surface area (TPSA) is 0 Å². The molecule has 0 aromatic heterocycles. The van der Waals surface area contributed by atoms with Crippen molar-refractivity contribution >= 4 is 29.6 Å². The molecule has 0 aliphatic heterocycles. The molecule has 0 unspecified atom stereocenters. The summed E-state index contributed by atoms with van der Waals surface area (Å²) in [6, 6.07) is 10.9. The molecule has 1 aromatic rings. The Kier molecular flexibility index (Phi) is 36.4. The molecule has 1 aromatic carbocycles.